The smallest absolute Gasteiger partial charge is 0.129 e. The Bertz CT molecular complexity index is 567. The highest BCUT2D eigenvalue weighted by Crippen LogP contribution is 2.36. The zero-order valence-electron chi connectivity index (χ0n) is 9.12. The summed E-state index contributed by atoms with van der Waals surface area (Å²) >= 11 is 9.52. The monoisotopic (exact) mass is 311 g/mol. The van der Waals surface area contributed by atoms with Crippen LogP contribution in [0.25, 0.3) is 10.8 Å². The molecule has 1 aliphatic rings. The zero-order valence-corrected chi connectivity index (χ0v) is 11.5. The molecule has 0 spiro atoms. The van der Waals surface area contributed by atoms with E-state index in [9.17, 15) is 0 Å². The number of pyridine rings is 1. The van der Waals surface area contributed by atoms with Crippen molar-refractivity contribution in [3.8, 4) is 0 Å². The van der Waals surface area contributed by atoms with Gasteiger partial charge in [-0.2, -0.15) is 0 Å². The summed E-state index contributed by atoms with van der Waals surface area (Å²) in [6.07, 6.45) is 4.21. The normalized spacial score (nSPS) is 20.0. The van der Waals surface area contributed by atoms with E-state index in [2.05, 4.69) is 33.0 Å². The molecule has 1 unspecified atom stereocenters. The molecule has 2 heterocycles. The van der Waals surface area contributed by atoms with Crippen molar-refractivity contribution in [1.82, 2.24) is 4.98 Å². The van der Waals surface area contributed by atoms with Crippen LogP contribution in [0.5, 0.6) is 0 Å². The van der Waals surface area contributed by atoms with Crippen molar-refractivity contribution in [1.29, 1.82) is 0 Å². The van der Waals surface area contributed by atoms with Crippen molar-refractivity contribution in [2.45, 2.75) is 18.9 Å². The van der Waals surface area contributed by atoms with Gasteiger partial charge < -0.3 is 4.74 Å². The van der Waals surface area contributed by atoms with E-state index in [-0.39, 0.29) is 6.10 Å². The minimum atomic E-state index is 0.198. The van der Waals surface area contributed by atoms with Crippen molar-refractivity contribution >= 4 is 38.3 Å². The Morgan fingerprint density at radius 3 is 3.00 bits per heavy atom. The number of fused-ring (bicyclic) bond motifs is 1. The second-order valence-electron chi connectivity index (χ2n) is 4.19. The van der Waals surface area contributed by atoms with Gasteiger partial charge in [0.15, 0.2) is 0 Å². The number of ether oxygens (including phenoxy) is 1. The highest BCUT2D eigenvalue weighted by atomic mass is 79.9. The number of hydrogen-bond acceptors (Lipinski definition) is 2. The second kappa shape index (κ2) is 4.56. The Balaban J connectivity index is 2.23. The maximum atomic E-state index is 5.98. The molecule has 1 atom stereocenters. The van der Waals surface area contributed by atoms with Gasteiger partial charge in [0.25, 0.3) is 0 Å². The SMILES string of the molecule is Clc1cc2c(C3CCCO3)ccc(Br)c2cn1. The summed E-state index contributed by atoms with van der Waals surface area (Å²) in [5.74, 6) is 0. The van der Waals surface area contributed by atoms with Gasteiger partial charge in [0.1, 0.15) is 5.15 Å². The van der Waals surface area contributed by atoms with Gasteiger partial charge in [0.05, 0.1) is 6.10 Å². The summed E-state index contributed by atoms with van der Waals surface area (Å²) in [6.45, 7) is 0.848. The van der Waals surface area contributed by atoms with Crippen molar-refractivity contribution < 1.29 is 4.74 Å². The number of hydrogen-bond donors (Lipinski definition) is 0. The third-order valence-electron chi connectivity index (χ3n) is 3.12. The van der Waals surface area contributed by atoms with Gasteiger partial charge in [-0.1, -0.05) is 33.6 Å². The van der Waals surface area contributed by atoms with E-state index in [1.54, 1.807) is 6.20 Å². The lowest BCUT2D eigenvalue weighted by Crippen LogP contribution is -1.97. The van der Waals surface area contributed by atoms with Crippen LogP contribution in [0.2, 0.25) is 5.15 Å². The minimum Gasteiger partial charge on any atom is -0.374 e. The number of benzene rings is 1. The van der Waals surface area contributed by atoms with Crippen LogP contribution in [0.4, 0.5) is 0 Å². The van der Waals surface area contributed by atoms with Crippen molar-refractivity contribution in [2.24, 2.45) is 0 Å². The molecule has 1 aromatic heterocycles. The first kappa shape index (κ1) is 11.5. The highest BCUT2D eigenvalue weighted by molar-refractivity contribution is 9.10. The predicted molar refractivity (Wildman–Crippen MR) is 72.4 cm³/mol. The molecule has 0 radical (unpaired) electrons. The van der Waals surface area contributed by atoms with Gasteiger partial charge >= 0.3 is 0 Å². The van der Waals surface area contributed by atoms with Crippen molar-refractivity contribution in [2.75, 3.05) is 6.61 Å². The van der Waals surface area contributed by atoms with Gasteiger partial charge in [-0.25, -0.2) is 4.98 Å². The van der Waals surface area contributed by atoms with Crippen molar-refractivity contribution in [3.63, 3.8) is 0 Å². The minimum absolute atomic E-state index is 0.198. The third-order valence-corrected chi connectivity index (χ3v) is 4.02. The topological polar surface area (TPSA) is 22.1 Å². The van der Waals surface area contributed by atoms with Gasteiger partial charge in [0.2, 0.25) is 0 Å². The van der Waals surface area contributed by atoms with Crippen LogP contribution in [-0.2, 0) is 4.74 Å². The molecule has 0 N–H and O–H groups in total. The van der Waals surface area contributed by atoms with E-state index in [1.165, 1.54) is 5.56 Å². The van der Waals surface area contributed by atoms with Crippen molar-refractivity contribution in [3.05, 3.63) is 39.6 Å². The highest BCUT2D eigenvalue weighted by Gasteiger charge is 2.20. The molecule has 2 nitrogen and oxygen atoms in total. The Morgan fingerprint density at radius 2 is 2.24 bits per heavy atom. The van der Waals surface area contributed by atoms with Crippen LogP contribution in [0.1, 0.15) is 24.5 Å². The van der Waals surface area contributed by atoms with E-state index >= 15 is 0 Å². The van der Waals surface area contributed by atoms with E-state index < -0.39 is 0 Å². The fraction of sp³-hybridized carbons (Fsp3) is 0.308. The maximum Gasteiger partial charge on any atom is 0.129 e. The first-order valence-electron chi connectivity index (χ1n) is 5.61. The molecule has 17 heavy (non-hydrogen) atoms. The molecule has 3 rings (SSSR count). The van der Waals surface area contributed by atoms with E-state index in [1.807, 2.05) is 6.07 Å². The number of nitrogens with zero attached hydrogens (tertiary/aromatic N) is 1. The quantitative estimate of drug-likeness (QED) is 0.723. The number of rotatable bonds is 1. The molecule has 1 aromatic carbocycles. The predicted octanol–water partition coefficient (Wildman–Crippen LogP) is 4.50. The second-order valence-corrected chi connectivity index (χ2v) is 5.43. The summed E-state index contributed by atoms with van der Waals surface area (Å²) < 4.78 is 6.79. The number of aromatic nitrogens is 1. The van der Waals surface area contributed by atoms with Crippen LogP contribution in [0, 0.1) is 0 Å². The van der Waals surface area contributed by atoms with Crippen LogP contribution in [-0.4, -0.2) is 11.6 Å². The van der Waals surface area contributed by atoms with Crippen LogP contribution in [0.3, 0.4) is 0 Å². The number of halogens is 2. The molecule has 1 aliphatic heterocycles. The fourth-order valence-electron chi connectivity index (χ4n) is 2.31. The summed E-state index contributed by atoms with van der Waals surface area (Å²) in [5.41, 5.74) is 1.21. The van der Waals surface area contributed by atoms with E-state index in [0.29, 0.717) is 5.15 Å². The lowest BCUT2D eigenvalue weighted by atomic mass is 10.0. The zero-order chi connectivity index (χ0) is 11.8. The molecular weight excluding hydrogens is 302 g/mol. The van der Waals surface area contributed by atoms with E-state index in [0.717, 1.165) is 34.7 Å². The Kier molecular flexibility index (Phi) is 3.07. The Morgan fingerprint density at radius 1 is 1.35 bits per heavy atom. The average Bonchev–Trinajstić information content (AvgIpc) is 2.83. The van der Waals surface area contributed by atoms with E-state index in [4.69, 9.17) is 16.3 Å². The average molecular weight is 313 g/mol. The summed E-state index contributed by atoms with van der Waals surface area (Å²) in [5, 5.41) is 2.74. The van der Waals surface area contributed by atoms with Gasteiger partial charge in [-0.05, 0) is 35.9 Å². The molecule has 0 saturated carbocycles. The molecule has 0 aliphatic carbocycles. The summed E-state index contributed by atoms with van der Waals surface area (Å²) in [7, 11) is 0. The largest absolute Gasteiger partial charge is 0.374 e. The summed E-state index contributed by atoms with van der Waals surface area (Å²) in [6, 6.07) is 6.08. The lowest BCUT2D eigenvalue weighted by molar-refractivity contribution is 0.113. The first-order chi connectivity index (χ1) is 8.25. The van der Waals surface area contributed by atoms with Gasteiger partial charge in [-0.15, -0.1) is 0 Å². The van der Waals surface area contributed by atoms with Crippen LogP contribution < -0.4 is 0 Å². The molecule has 88 valence electrons. The molecule has 0 amide bonds. The summed E-state index contributed by atoms with van der Waals surface area (Å²) in [4.78, 5) is 4.13. The molecule has 2 aromatic rings. The van der Waals surface area contributed by atoms with Gasteiger partial charge in [0, 0.05) is 22.7 Å². The van der Waals surface area contributed by atoms with Gasteiger partial charge in [-0.3, -0.25) is 0 Å². The maximum absolute atomic E-state index is 5.98. The first-order valence-corrected chi connectivity index (χ1v) is 6.78. The standard InChI is InChI=1S/C13H11BrClNO/c14-11-4-3-8(12-2-1-5-17-12)9-6-13(15)16-7-10(9)11/h3-4,6-7,12H,1-2,5H2. The third kappa shape index (κ3) is 2.07. The molecular formula is C13H11BrClNO. The molecule has 1 saturated heterocycles. The van der Waals surface area contributed by atoms with Crippen LogP contribution in [0.15, 0.2) is 28.9 Å². The van der Waals surface area contributed by atoms with Crippen LogP contribution >= 0.6 is 27.5 Å². The Hall–Kier alpha value is -0.640. The fourth-order valence-corrected chi connectivity index (χ4v) is 2.91. The lowest BCUT2D eigenvalue weighted by Gasteiger charge is -2.14. The molecule has 4 heteroatoms. The molecule has 1 fully saturated rings. The Labute approximate surface area is 113 Å². The molecule has 0 bridgehead atoms.